The number of allylic oxidation sites excluding steroid dienone is 1. The van der Waals surface area contributed by atoms with E-state index in [1.165, 1.54) is 29.2 Å². The van der Waals surface area contributed by atoms with Gasteiger partial charge in [-0.15, -0.1) is 0 Å². The zero-order valence-electron chi connectivity index (χ0n) is 52.2. The number of nitrogens with one attached hydrogen (secondary N) is 8. The molecule has 5 unspecified atom stereocenters. The molecule has 0 radical (unpaired) electrons. The average Bonchev–Trinajstić information content (AvgIpc) is 1.61. The molecule has 6 aliphatic heterocycles. The van der Waals surface area contributed by atoms with E-state index in [2.05, 4.69) is 42.2 Å². The van der Waals surface area contributed by atoms with E-state index >= 15 is 9.59 Å². The first-order chi connectivity index (χ1) is 45.6. The highest BCUT2D eigenvalue weighted by atomic mass is 16.7. The molecule has 0 bridgehead atoms. The highest BCUT2D eigenvalue weighted by Crippen LogP contribution is 2.33. The summed E-state index contributed by atoms with van der Waals surface area (Å²) in [6, 6.07) is 0.713. The van der Waals surface area contributed by atoms with Gasteiger partial charge in [0.1, 0.15) is 121 Å². The van der Waals surface area contributed by atoms with Crippen LogP contribution in [0.25, 0.3) is 0 Å². The zero-order chi connectivity index (χ0) is 70.1. The second-order valence-corrected chi connectivity index (χ2v) is 24.4. The van der Waals surface area contributed by atoms with E-state index in [9.17, 15) is 96.1 Å². The van der Waals surface area contributed by atoms with Gasteiger partial charge in [0.25, 0.3) is 0 Å². The van der Waals surface area contributed by atoms with Gasteiger partial charge in [-0.05, 0) is 37.1 Å². The minimum absolute atomic E-state index is 0.0578. The number of aliphatic hydroxyl groups is 14. The number of hydrogen-bond acceptors (Lipinski definition) is 29. The molecule has 0 saturated carbocycles. The summed E-state index contributed by atoms with van der Waals surface area (Å²) in [5.41, 5.74) is 7.40. The number of rotatable bonds is 19. The lowest BCUT2D eigenvalue weighted by molar-refractivity contribution is -0.352. The molecule has 6 amide bonds. The summed E-state index contributed by atoms with van der Waals surface area (Å²) in [4.78, 5) is 94.4. The molecule has 37 heteroatoms. The number of nitrogens with two attached hydrogens (primary N) is 1. The average molecular weight is 1360 g/mol. The van der Waals surface area contributed by atoms with Crippen LogP contribution in [-0.4, -0.2) is 328 Å². The Kier molecular flexibility index (Phi) is 25.4. The third-order valence-corrected chi connectivity index (χ3v) is 17.5. The lowest BCUT2D eigenvalue weighted by Crippen LogP contribution is -2.69. The van der Waals surface area contributed by atoms with Gasteiger partial charge in [-0.1, -0.05) is 61.0 Å². The molecule has 5 fully saturated rings. The molecule has 0 aliphatic carbocycles. The Labute approximate surface area is 548 Å². The smallest absolute Gasteiger partial charge is 0.246 e. The molecule has 37 nitrogen and oxygen atoms in total. The molecule has 2 aromatic rings. The van der Waals surface area contributed by atoms with Crippen LogP contribution in [-0.2, 0) is 54.1 Å². The summed E-state index contributed by atoms with van der Waals surface area (Å²) in [6.07, 6.45) is -30.3. The van der Waals surface area contributed by atoms with Crippen LogP contribution in [0.15, 0.2) is 71.2 Å². The molecule has 5 saturated heterocycles. The fourth-order valence-electron chi connectivity index (χ4n) is 11.8. The van der Waals surface area contributed by atoms with Gasteiger partial charge in [0.15, 0.2) is 24.4 Å². The summed E-state index contributed by atoms with van der Waals surface area (Å²) < 4.78 is 28.5. The fraction of sp³-hybridized carbons (Fsp3) is 0.627. The Morgan fingerprint density at radius 1 is 0.646 bits per heavy atom. The molecular formula is C59H86N12O25. The van der Waals surface area contributed by atoms with Gasteiger partial charge >= 0.3 is 0 Å². The molecular weight excluding hydrogens is 1280 g/mol. The van der Waals surface area contributed by atoms with Crippen molar-refractivity contribution in [1.29, 1.82) is 5.41 Å². The van der Waals surface area contributed by atoms with Gasteiger partial charge in [0.2, 0.25) is 41.7 Å². The SMILES string of the molecule is CC(C)=CCN1CC(C(O)[C@H]2NC(=O)[C@H](C(O)C3CN=C(N)N3)NC(=O)[C@@H](Cc3ccc(O[C@H]4O[C@H](CO)[C@@H](O[C@H]5O[C@H](CO)[C@@H](O)[C@H](O)[C@@H]5O)[C@H](O)[C@@H]4O)cc3)NC(=O)[C@H](C(C)c3ccccc3)NC(=O)CNC(=O)[C@H](CO)NC2=O)N([C@H]2O[C@H](CO)[C@@H](O)[C@H](O)[C@@H]2O)C1=N. The van der Waals surface area contributed by atoms with Gasteiger partial charge in [0, 0.05) is 25.4 Å². The van der Waals surface area contributed by atoms with E-state index in [1.807, 2.05) is 0 Å². The maximum atomic E-state index is 15.3. The molecule has 6 heterocycles. The summed E-state index contributed by atoms with van der Waals surface area (Å²) in [5.74, 6) is -9.05. The minimum atomic E-state index is -2.37. The number of aliphatic imine (C=N–C) groups is 1. The van der Waals surface area contributed by atoms with E-state index in [-0.39, 0.29) is 30.4 Å². The summed E-state index contributed by atoms with van der Waals surface area (Å²) in [5, 5.41) is 179. The molecule has 6 aliphatic rings. The predicted molar refractivity (Wildman–Crippen MR) is 325 cm³/mol. The minimum Gasteiger partial charge on any atom is -0.462 e. The largest absolute Gasteiger partial charge is 0.462 e. The predicted octanol–water partition coefficient (Wildman–Crippen LogP) is -11.7. The highest BCUT2D eigenvalue weighted by Gasteiger charge is 2.55. The molecule has 2 aromatic carbocycles. The normalized spacial score (nSPS) is 36.3. The topological polar surface area (TPSA) is 585 Å². The first kappa shape index (κ1) is 74.4. The Hall–Kier alpha value is -7.38. The number of guanidine groups is 2. The lowest BCUT2D eigenvalue weighted by atomic mass is 9.92. The maximum absolute atomic E-state index is 15.3. The summed E-state index contributed by atoms with van der Waals surface area (Å²) in [7, 11) is 0. The second kappa shape index (κ2) is 32.8. The van der Waals surface area contributed by atoms with Gasteiger partial charge in [-0.3, -0.25) is 39.2 Å². The number of hydrogen-bond donors (Lipinski definition) is 23. The quantitative estimate of drug-likeness (QED) is 0.0581. The van der Waals surface area contributed by atoms with Crippen LogP contribution in [0.3, 0.4) is 0 Å². The monoisotopic (exact) mass is 1360 g/mol. The molecule has 96 heavy (non-hydrogen) atoms. The number of carbonyl (C=O) groups excluding carboxylic acids is 6. The van der Waals surface area contributed by atoms with Crippen LogP contribution in [0, 0.1) is 5.41 Å². The van der Waals surface area contributed by atoms with Crippen molar-refractivity contribution in [2.75, 3.05) is 52.6 Å². The Morgan fingerprint density at radius 3 is 1.83 bits per heavy atom. The van der Waals surface area contributed by atoms with E-state index in [0.717, 1.165) is 10.5 Å². The van der Waals surface area contributed by atoms with Crippen molar-refractivity contribution in [1.82, 2.24) is 47.0 Å². The number of nitrogens with zero attached hydrogens (tertiary/aromatic N) is 3. The van der Waals surface area contributed by atoms with Gasteiger partial charge in [-0.2, -0.15) is 0 Å². The van der Waals surface area contributed by atoms with Crippen LogP contribution >= 0.6 is 0 Å². The second-order valence-electron chi connectivity index (χ2n) is 24.4. The highest BCUT2D eigenvalue weighted by molar-refractivity contribution is 5.98. The third kappa shape index (κ3) is 16.9. The molecule has 8 rings (SSSR count). The number of amides is 6. The third-order valence-electron chi connectivity index (χ3n) is 17.5. The molecule has 24 N–H and O–H groups in total. The van der Waals surface area contributed by atoms with Crippen molar-refractivity contribution >= 4 is 47.4 Å². The van der Waals surface area contributed by atoms with Crippen molar-refractivity contribution in [3.8, 4) is 5.75 Å². The van der Waals surface area contributed by atoms with E-state index in [1.54, 1.807) is 57.2 Å². The Bertz CT molecular complexity index is 3080. The molecule has 0 aromatic heterocycles. The van der Waals surface area contributed by atoms with E-state index in [4.69, 9.17) is 29.4 Å². The van der Waals surface area contributed by atoms with E-state index in [0.29, 0.717) is 5.56 Å². The first-order valence-corrected chi connectivity index (χ1v) is 30.9. The molecule has 25 atom stereocenters. The zero-order valence-corrected chi connectivity index (χ0v) is 52.2. The van der Waals surface area contributed by atoms with Crippen LogP contribution in [0.4, 0.5) is 0 Å². The van der Waals surface area contributed by atoms with Crippen molar-refractivity contribution in [3.05, 3.63) is 77.4 Å². The van der Waals surface area contributed by atoms with Crippen LogP contribution < -0.4 is 47.7 Å². The lowest BCUT2D eigenvalue weighted by Gasteiger charge is -2.46. The number of benzene rings is 2. The van der Waals surface area contributed by atoms with Crippen LogP contribution in [0.2, 0.25) is 0 Å². The van der Waals surface area contributed by atoms with Crippen LogP contribution in [0.5, 0.6) is 5.75 Å². The fourth-order valence-corrected chi connectivity index (χ4v) is 11.8. The first-order valence-electron chi connectivity index (χ1n) is 30.9. The number of aliphatic hydroxyl groups excluding tert-OH is 14. The summed E-state index contributed by atoms with van der Waals surface area (Å²) >= 11 is 0. The van der Waals surface area contributed by atoms with Gasteiger partial charge < -0.3 is 148 Å². The van der Waals surface area contributed by atoms with Crippen molar-refractivity contribution < 1.29 is 124 Å². The number of ether oxygens (including phenoxy) is 5. The van der Waals surface area contributed by atoms with Crippen molar-refractivity contribution in [2.45, 2.75) is 180 Å². The molecule has 532 valence electrons. The van der Waals surface area contributed by atoms with E-state index < -0.39 is 240 Å². The number of carbonyl (C=O) groups is 6. The van der Waals surface area contributed by atoms with Crippen molar-refractivity contribution in [2.24, 2.45) is 10.7 Å². The Balaban J connectivity index is 1.13. The van der Waals surface area contributed by atoms with Gasteiger partial charge in [-0.25, -0.2) is 0 Å². The molecule has 0 spiro atoms. The van der Waals surface area contributed by atoms with Gasteiger partial charge in [0.05, 0.1) is 51.6 Å². The maximum Gasteiger partial charge on any atom is 0.246 e. The summed E-state index contributed by atoms with van der Waals surface area (Å²) in [6.45, 7) is -0.473. The van der Waals surface area contributed by atoms with Crippen molar-refractivity contribution in [3.63, 3.8) is 0 Å². The Morgan fingerprint density at radius 2 is 1.22 bits per heavy atom. The standard InChI is InChI=1S/C59H86N12O25/c1-23(2)13-14-70-18-31(71(59(70)61)55-46(84)43(81)41(79)32(20-73)93-55)40(78)38-53(90)65-30(19-72)50(87)62-17-35(76)67-36(24(3)26-7-5-4-6-8-26)52(89)64-28(51(88)68-37(54(91)69-38)39(77)29-16-63-58(60)66-29)15-25-9-11-27(12-10-25)92-56-48(86)45(83)49(34(22-75)95-56)96-57-47(85)44(82)42(80)33(21-74)94-57/h4-13,24,28-34,36-49,55-57,61,72-75,77-86H,14-22H2,1-3H3,(H,62,87)(H,64,89)(H,65,90)(H,67,76)(H,68,88)(H,69,91)(H3,60,63,66)/t24?,28-,29?,30+,31?,32-,33-,34-,36+,37+,38-,39?,40?,41-,42-,43+,44+,45-,46+,47+,48+,49-,55+,56+,57-/m1/s1. The van der Waals surface area contributed by atoms with Crippen LogP contribution in [0.1, 0.15) is 37.8 Å².